The predicted octanol–water partition coefficient (Wildman–Crippen LogP) is 3.92. The van der Waals surface area contributed by atoms with Gasteiger partial charge >= 0.3 is 6.03 Å². The SMILES string of the molecule is Cc1sc2c(c1C)C(c1ccc(Cl)cc1)=NC(NC(=O)N1CCC(O)CC1)c1nnc(C)n1-2. The minimum absolute atomic E-state index is 0.225. The zero-order valence-electron chi connectivity index (χ0n) is 18.7. The lowest BCUT2D eigenvalue weighted by atomic mass is 10.00. The minimum atomic E-state index is -0.712. The third-order valence-electron chi connectivity index (χ3n) is 6.29. The van der Waals surface area contributed by atoms with Crippen molar-refractivity contribution in [1.82, 2.24) is 25.0 Å². The summed E-state index contributed by atoms with van der Waals surface area (Å²) in [6, 6.07) is 7.35. The van der Waals surface area contributed by atoms with Gasteiger partial charge in [-0.15, -0.1) is 21.5 Å². The van der Waals surface area contributed by atoms with Crippen molar-refractivity contribution in [2.24, 2.45) is 4.99 Å². The van der Waals surface area contributed by atoms with E-state index in [1.807, 2.05) is 35.8 Å². The summed E-state index contributed by atoms with van der Waals surface area (Å²) in [5.41, 5.74) is 3.85. The van der Waals surface area contributed by atoms with Crippen LogP contribution in [0.15, 0.2) is 29.3 Å². The van der Waals surface area contributed by atoms with Crippen LogP contribution in [0.1, 0.15) is 52.2 Å². The fourth-order valence-corrected chi connectivity index (χ4v) is 5.64. The number of thiophene rings is 1. The number of carbonyl (C=O) groups excluding carboxylic acids is 1. The van der Waals surface area contributed by atoms with Crippen molar-refractivity contribution in [3.8, 4) is 5.00 Å². The lowest BCUT2D eigenvalue weighted by Crippen LogP contribution is -2.46. The zero-order valence-corrected chi connectivity index (χ0v) is 20.2. The molecule has 33 heavy (non-hydrogen) atoms. The van der Waals surface area contributed by atoms with Gasteiger partial charge in [-0.05, 0) is 51.3 Å². The Morgan fingerprint density at radius 1 is 1.15 bits per heavy atom. The smallest absolute Gasteiger partial charge is 0.319 e. The maximum atomic E-state index is 13.1. The number of likely N-dealkylation sites (tertiary alicyclic amines) is 1. The average molecular weight is 485 g/mol. The maximum absolute atomic E-state index is 13.1. The molecule has 2 N–H and O–H groups in total. The van der Waals surface area contributed by atoms with E-state index in [0.717, 1.165) is 33.2 Å². The van der Waals surface area contributed by atoms with E-state index in [1.54, 1.807) is 16.2 Å². The molecular weight excluding hydrogens is 460 g/mol. The molecule has 5 rings (SSSR count). The molecule has 2 amide bonds. The fraction of sp³-hybridized carbons (Fsp3) is 0.391. The molecule has 2 aromatic heterocycles. The number of aliphatic imine (C=N–C) groups is 1. The zero-order chi connectivity index (χ0) is 23.3. The van der Waals surface area contributed by atoms with Crippen LogP contribution in [0.3, 0.4) is 0 Å². The number of nitrogens with zero attached hydrogens (tertiary/aromatic N) is 5. The van der Waals surface area contributed by atoms with Gasteiger partial charge < -0.3 is 15.3 Å². The van der Waals surface area contributed by atoms with Crippen molar-refractivity contribution in [2.45, 2.75) is 45.9 Å². The molecule has 1 saturated heterocycles. The van der Waals surface area contributed by atoms with Gasteiger partial charge in [-0.25, -0.2) is 4.79 Å². The normalized spacial score (nSPS) is 18.4. The number of nitrogens with one attached hydrogen (secondary N) is 1. The van der Waals surface area contributed by atoms with Gasteiger partial charge in [0.05, 0.1) is 11.8 Å². The second kappa shape index (κ2) is 8.55. The van der Waals surface area contributed by atoms with Crippen LogP contribution in [0.4, 0.5) is 4.79 Å². The first-order valence-electron chi connectivity index (χ1n) is 10.9. The molecular formula is C23H25ClN6O2S. The predicted molar refractivity (Wildman–Crippen MR) is 129 cm³/mol. The number of amides is 2. The Morgan fingerprint density at radius 3 is 2.55 bits per heavy atom. The van der Waals surface area contributed by atoms with E-state index in [0.29, 0.717) is 36.8 Å². The molecule has 0 bridgehead atoms. The van der Waals surface area contributed by atoms with Gasteiger partial charge in [-0.1, -0.05) is 23.7 Å². The van der Waals surface area contributed by atoms with Crippen molar-refractivity contribution < 1.29 is 9.90 Å². The minimum Gasteiger partial charge on any atom is -0.393 e. The summed E-state index contributed by atoms with van der Waals surface area (Å²) in [5, 5.41) is 23.2. The summed E-state index contributed by atoms with van der Waals surface area (Å²) in [5.74, 6) is 1.31. The first-order valence-corrected chi connectivity index (χ1v) is 12.1. The van der Waals surface area contributed by atoms with Crippen LogP contribution < -0.4 is 5.32 Å². The van der Waals surface area contributed by atoms with E-state index in [-0.39, 0.29) is 12.1 Å². The van der Waals surface area contributed by atoms with E-state index in [2.05, 4.69) is 29.4 Å². The largest absolute Gasteiger partial charge is 0.393 e. The Hall–Kier alpha value is -2.75. The van der Waals surface area contributed by atoms with Crippen LogP contribution in [0.5, 0.6) is 0 Å². The molecule has 1 atom stereocenters. The number of hydrogen-bond acceptors (Lipinski definition) is 6. The van der Waals surface area contributed by atoms with Crippen molar-refractivity contribution >= 4 is 34.7 Å². The number of halogens is 1. The Labute approximate surface area is 200 Å². The van der Waals surface area contributed by atoms with Crippen LogP contribution in [-0.4, -0.2) is 55.7 Å². The highest BCUT2D eigenvalue weighted by Crippen LogP contribution is 2.38. The van der Waals surface area contributed by atoms with Gasteiger partial charge in [-0.2, -0.15) is 0 Å². The molecule has 4 heterocycles. The Kier molecular flexibility index (Phi) is 5.72. The monoisotopic (exact) mass is 484 g/mol. The number of hydrogen-bond donors (Lipinski definition) is 2. The average Bonchev–Trinajstić information content (AvgIpc) is 3.27. The first-order chi connectivity index (χ1) is 15.8. The maximum Gasteiger partial charge on any atom is 0.319 e. The quantitative estimate of drug-likeness (QED) is 0.576. The lowest BCUT2D eigenvalue weighted by molar-refractivity contribution is 0.0928. The molecule has 0 radical (unpaired) electrons. The summed E-state index contributed by atoms with van der Waals surface area (Å²) >= 11 is 7.82. The molecule has 0 spiro atoms. The number of piperidine rings is 1. The van der Waals surface area contributed by atoms with Gasteiger partial charge in [0, 0.05) is 34.1 Å². The van der Waals surface area contributed by atoms with Crippen molar-refractivity contribution in [3.05, 3.63) is 62.5 Å². The molecule has 3 aromatic rings. The highest BCUT2D eigenvalue weighted by Gasteiger charge is 2.33. The Bertz CT molecular complexity index is 1240. The fourth-order valence-electron chi connectivity index (χ4n) is 4.30. The lowest BCUT2D eigenvalue weighted by Gasteiger charge is -2.30. The van der Waals surface area contributed by atoms with Crippen LogP contribution in [0, 0.1) is 20.8 Å². The number of aliphatic hydroxyl groups excluding tert-OH is 1. The Balaban J connectivity index is 1.62. The second-order valence-corrected chi connectivity index (χ2v) is 10.1. The van der Waals surface area contributed by atoms with E-state index in [4.69, 9.17) is 16.6 Å². The standard InChI is InChI=1S/C23H25ClN6O2S/c1-12-13(2)33-22-18(12)19(15-4-6-16(24)7-5-15)25-20(21-28-27-14(3)30(21)22)26-23(32)29-10-8-17(31)9-11-29/h4-7,17,20,31H,8-11H2,1-3H3,(H,26,32). The van der Waals surface area contributed by atoms with E-state index in [9.17, 15) is 9.90 Å². The number of benzene rings is 1. The number of aryl methyl sites for hydroxylation is 2. The molecule has 2 aliphatic rings. The number of carbonyl (C=O) groups is 1. The number of fused-ring (bicyclic) bond motifs is 3. The van der Waals surface area contributed by atoms with Crippen LogP contribution in [0.2, 0.25) is 5.02 Å². The molecule has 10 heteroatoms. The summed E-state index contributed by atoms with van der Waals surface area (Å²) in [6.45, 7) is 7.10. The molecule has 1 aromatic carbocycles. The summed E-state index contributed by atoms with van der Waals surface area (Å²) < 4.78 is 2.00. The topological polar surface area (TPSA) is 95.6 Å². The highest BCUT2D eigenvalue weighted by molar-refractivity contribution is 7.15. The van der Waals surface area contributed by atoms with E-state index >= 15 is 0 Å². The third kappa shape index (κ3) is 3.94. The van der Waals surface area contributed by atoms with Gasteiger partial charge in [0.15, 0.2) is 12.0 Å². The molecule has 1 unspecified atom stereocenters. The first kappa shape index (κ1) is 22.1. The van der Waals surface area contributed by atoms with Gasteiger partial charge in [0.1, 0.15) is 10.8 Å². The van der Waals surface area contributed by atoms with Crippen LogP contribution >= 0.6 is 22.9 Å². The van der Waals surface area contributed by atoms with Gasteiger partial charge in [0.25, 0.3) is 0 Å². The van der Waals surface area contributed by atoms with Crippen molar-refractivity contribution in [1.29, 1.82) is 0 Å². The molecule has 172 valence electrons. The molecule has 2 aliphatic heterocycles. The number of aromatic nitrogens is 3. The Morgan fingerprint density at radius 2 is 1.85 bits per heavy atom. The summed E-state index contributed by atoms with van der Waals surface area (Å²) in [4.78, 5) is 21.1. The third-order valence-corrected chi connectivity index (χ3v) is 7.73. The van der Waals surface area contributed by atoms with E-state index in [1.165, 1.54) is 4.88 Å². The van der Waals surface area contributed by atoms with Crippen LogP contribution in [-0.2, 0) is 0 Å². The van der Waals surface area contributed by atoms with Crippen molar-refractivity contribution in [3.63, 3.8) is 0 Å². The molecule has 1 fully saturated rings. The number of urea groups is 1. The highest BCUT2D eigenvalue weighted by atomic mass is 35.5. The molecule has 8 nitrogen and oxygen atoms in total. The number of aliphatic hydroxyl groups is 1. The van der Waals surface area contributed by atoms with E-state index < -0.39 is 6.17 Å². The van der Waals surface area contributed by atoms with Gasteiger partial charge in [0.2, 0.25) is 0 Å². The van der Waals surface area contributed by atoms with Crippen LogP contribution in [0.25, 0.3) is 5.00 Å². The van der Waals surface area contributed by atoms with Gasteiger partial charge in [-0.3, -0.25) is 9.56 Å². The molecule has 0 saturated carbocycles. The second-order valence-electron chi connectivity index (χ2n) is 8.46. The molecule has 0 aliphatic carbocycles. The summed E-state index contributed by atoms with van der Waals surface area (Å²) in [6.07, 6.45) is 0.0788. The van der Waals surface area contributed by atoms with Crippen molar-refractivity contribution in [2.75, 3.05) is 13.1 Å². The summed E-state index contributed by atoms with van der Waals surface area (Å²) in [7, 11) is 0. The number of rotatable bonds is 2.